The number of hydrogen-bond acceptors (Lipinski definition) is 5. The smallest absolute Gasteiger partial charge is 0.165 e. The van der Waals surface area contributed by atoms with Crippen molar-refractivity contribution in [3.63, 3.8) is 0 Å². The molecule has 0 fully saturated rings. The maximum absolute atomic E-state index is 5.98. The highest BCUT2D eigenvalue weighted by Gasteiger charge is 2.32. The predicted octanol–water partition coefficient (Wildman–Crippen LogP) is 2.89. The Labute approximate surface area is 122 Å². The number of benzene rings is 1. The lowest BCUT2D eigenvalue weighted by molar-refractivity contribution is 0.131. The first kappa shape index (κ1) is 13.4. The van der Waals surface area contributed by atoms with Gasteiger partial charge in [-0.1, -0.05) is 12.1 Å². The van der Waals surface area contributed by atoms with E-state index in [2.05, 4.69) is 24.9 Å². The van der Waals surface area contributed by atoms with Crippen LogP contribution in [0.2, 0.25) is 0 Å². The molecule has 0 aliphatic carbocycles. The molecule has 2 aromatic rings. The van der Waals surface area contributed by atoms with Gasteiger partial charge in [0.25, 0.3) is 0 Å². The van der Waals surface area contributed by atoms with E-state index >= 15 is 0 Å². The Kier molecular flexibility index (Phi) is 3.40. The summed E-state index contributed by atoms with van der Waals surface area (Å²) in [4.78, 5) is 4.39. The van der Waals surface area contributed by atoms with Gasteiger partial charge in [-0.25, -0.2) is 4.98 Å². The van der Waals surface area contributed by atoms with E-state index in [1.165, 1.54) is 5.56 Å². The van der Waals surface area contributed by atoms with E-state index in [1.807, 2.05) is 17.5 Å². The molecule has 0 atom stereocenters. The number of nitrogens with zero attached hydrogens (tertiary/aromatic N) is 1. The summed E-state index contributed by atoms with van der Waals surface area (Å²) in [5.41, 5.74) is 7.51. The van der Waals surface area contributed by atoms with Crippen molar-refractivity contribution in [1.29, 1.82) is 0 Å². The lowest BCUT2D eigenvalue weighted by Gasteiger charge is -2.18. The number of thiazole rings is 1. The Morgan fingerprint density at radius 1 is 1.45 bits per heavy atom. The first-order valence-electron chi connectivity index (χ1n) is 6.64. The first-order chi connectivity index (χ1) is 9.57. The van der Waals surface area contributed by atoms with Gasteiger partial charge in [-0.2, -0.15) is 0 Å². The summed E-state index contributed by atoms with van der Waals surface area (Å²) in [5.74, 6) is 1.65. The highest BCUT2D eigenvalue weighted by Crippen LogP contribution is 2.41. The minimum absolute atomic E-state index is 0.158. The van der Waals surface area contributed by atoms with E-state index in [0.717, 1.165) is 28.6 Å². The van der Waals surface area contributed by atoms with Crippen molar-refractivity contribution in [2.24, 2.45) is 5.73 Å². The molecule has 0 spiro atoms. The van der Waals surface area contributed by atoms with Crippen LogP contribution in [-0.2, 0) is 19.6 Å². The molecule has 0 unspecified atom stereocenters. The summed E-state index contributed by atoms with van der Waals surface area (Å²) < 4.78 is 11.8. The standard InChI is InChI=1S/C15H18N2O2S/c1-15(2)6-10-4-3-5-12(14(10)19-15)18-8-11-9-20-13(7-16)17-11/h3-5,9H,6-8,16H2,1-2H3. The third-order valence-corrected chi connectivity index (χ3v) is 4.12. The van der Waals surface area contributed by atoms with Gasteiger partial charge in [0.2, 0.25) is 0 Å². The highest BCUT2D eigenvalue weighted by molar-refractivity contribution is 7.09. The molecule has 1 aliphatic rings. The van der Waals surface area contributed by atoms with Crippen LogP contribution in [0.15, 0.2) is 23.6 Å². The molecular weight excluding hydrogens is 272 g/mol. The summed E-state index contributed by atoms with van der Waals surface area (Å²) in [5, 5.41) is 2.91. The summed E-state index contributed by atoms with van der Waals surface area (Å²) in [6, 6.07) is 6.04. The van der Waals surface area contributed by atoms with Crippen LogP contribution in [0.25, 0.3) is 0 Å². The van der Waals surface area contributed by atoms with Gasteiger partial charge in [0.05, 0.1) is 5.69 Å². The van der Waals surface area contributed by atoms with Crippen molar-refractivity contribution in [2.45, 2.75) is 39.0 Å². The van der Waals surface area contributed by atoms with Gasteiger partial charge in [0.15, 0.2) is 11.5 Å². The molecule has 0 amide bonds. The van der Waals surface area contributed by atoms with Gasteiger partial charge in [-0.15, -0.1) is 11.3 Å². The van der Waals surface area contributed by atoms with Crippen molar-refractivity contribution in [1.82, 2.24) is 4.98 Å². The minimum Gasteiger partial charge on any atom is -0.483 e. The van der Waals surface area contributed by atoms with Crippen molar-refractivity contribution in [3.8, 4) is 11.5 Å². The lowest BCUT2D eigenvalue weighted by Crippen LogP contribution is -2.24. The molecule has 1 aromatic heterocycles. The molecule has 2 N–H and O–H groups in total. The fourth-order valence-corrected chi connectivity index (χ4v) is 3.02. The van der Waals surface area contributed by atoms with Crippen LogP contribution in [0, 0.1) is 0 Å². The van der Waals surface area contributed by atoms with E-state index in [4.69, 9.17) is 15.2 Å². The maximum atomic E-state index is 5.98. The van der Waals surface area contributed by atoms with Crippen molar-refractivity contribution >= 4 is 11.3 Å². The molecular formula is C15H18N2O2S. The predicted molar refractivity (Wildman–Crippen MR) is 79.2 cm³/mol. The number of para-hydroxylation sites is 1. The van der Waals surface area contributed by atoms with E-state index in [-0.39, 0.29) is 5.60 Å². The third-order valence-electron chi connectivity index (χ3n) is 3.20. The Bertz CT molecular complexity index is 622. The molecule has 0 bridgehead atoms. The van der Waals surface area contributed by atoms with Crippen LogP contribution >= 0.6 is 11.3 Å². The Hall–Kier alpha value is -1.59. The molecule has 3 rings (SSSR count). The molecule has 20 heavy (non-hydrogen) atoms. The molecule has 4 nitrogen and oxygen atoms in total. The zero-order valence-electron chi connectivity index (χ0n) is 11.7. The average Bonchev–Trinajstić information content (AvgIpc) is 2.98. The van der Waals surface area contributed by atoms with Crippen LogP contribution in [0.4, 0.5) is 0 Å². The Morgan fingerprint density at radius 2 is 2.30 bits per heavy atom. The number of ether oxygens (including phenoxy) is 2. The summed E-state index contributed by atoms with van der Waals surface area (Å²) in [6.07, 6.45) is 0.910. The van der Waals surface area contributed by atoms with Crippen LogP contribution in [-0.4, -0.2) is 10.6 Å². The van der Waals surface area contributed by atoms with E-state index in [0.29, 0.717) is 13.2 Å². The van der Waals surface area contributed by atoms with E-state index < -0.39 is 0 Å². The highest BCUT2D eigenvalue weighted by atomic mass is 32.1. The SMILES string of the molecule is CC1(C)Cc2cccc(OCc3csc(CN)n3)c2O1. The molecule has 1 aliphatic heterocycles. The van der Waals surface area contributed by atoms with Crippen LogP contribution in [0.5, 0.6) is 11.5 Å². The first-order valence-corrected chi connectivity index (χ1v) is 7.52. The van der Waals surface area contributed by atoms with Crippen molar-refractivity contribution < 1.29 is 9.47 Å². The topological polar surface area (TPSA) is 57.4 Å². The number of nitrogens with two attached hydrogens (primary N) is 1. The van der Waals surface area contributed by atoms with Crippen LogP contribution < -0.4 is 15.2 Å². The van der Waals surface area contributed by atoms with E-state index in [9.17, 15) is 0 Å². The summed E-state index contributed by atoms with van der Waals surface area (Å²) >= 11 is 1.56. The largest absolute Gasteiger partial charge is 0.483 e. The fourth-order valence-electron chi connectivity index (χ4n) is 2.36. The molecule has 0 saturated carbocycles. The molecule has 2 heterocycles. The average molecular weight is 290 g/mol. The van der Waals surface area contributed by atoms with Gasteiger partial charge in [0.1, 0.15) is 17.2 Å². The van der Waals surface area contributed by atoms with Gasteiger partial charge in [-0.3, -0.25) is 0 Å². The van der Waals surface area contributed by atoms with Crippen molar-refractivity contribution in [2.75, 3.05) is 0 Å². The van der Waals surface area contributed by atoms with Gasteiger partial charge < -0.3 is 15.2 Å². The second-order valence-electron chi connectivity index (χ2n) is 5.51. The quantitative estimate of drug-likeness (QED) is 0.940. The van der Waals surface area contributed by atoms with Crippen LogP contribution in [0.3, 0.4) is 0 Å². The Morgan fingerprint density at radius 3 is 3.05 bits per heavy atom. The maximum Gasteiger partial charge on any atom is 0.165 e. The van der Waals surface area contributed by atoms with Gasteiger partial charge in [-0.05, 0) is 19.9 Å². The molecule has 1 aromatic carbocycles. The fraction of sp³-hybridized carbons (Fsp3) is 0.400. The van der Waals surface area contributed by atoms with Crippen LogP contribution in [0.1, 0.15) is 30.1 Å². The number of rotatable bonds is 4. The van der Waals surface area contributed by atoms with Crippen molar-refractivity contribution in [3.05, 3.63) is 39.8 Å². The normalized spacial score (nSPS) is 15.8. The Balaban J connectivity index is 1.75. The van der Waals surface area contributed by atoms with Gasteiger partial charge in [0, 0.05) is 23.9 Å². The van der Waals surface area contributed by atoms with E-state index in [1.54, 1.807) is 11.3 Å². The monoisotopic (exact) mass is 290 g/mol. The summed E-state index contributed by atoms with van der Waals surface area (Å²) in [6.45, 7) is 5.09. The minimum atomic E-state index is -0.158. The second kappa shape index (κ2) is 5.07. The molecule has 0 saturated heterocycles. The second-order valence-corrected chi connectivity index (χ2v) is 6.45. The molecule has 106 valence electrons. The zero-order valence-corrected chi connectivity index (χ0v) is 12.5. The third kappa shape index (κ3) is 2.64. The number of fused-ring (bicyclic) bond motifs is 1. The number of hydrogen-bond donors (Lipinski definition) is 1. The molecule has 5 heteroatoms. The molecule has 0 radical (unpaired) electrons. The summed E-state index contributed by atoms with van der Waals surface area (Å²) in [7, 11) is 0. The lowest BCUT2D eigenvalue weighted by atomic mass is 10.0. The van der Waals surface area contributed by atoms with Gasteiger partial charge >= 0.3 is 0 Å². The zero-order chi connectivity index (χ0) is 14.2. The number of aromatic nitrogens is 1.